The second kappa shape index (κ2) is 8.55. The highest BCUT2D eigenvalue weighted by atomic mass is 19.1. The van der Waals surface area contributed by atoms with Gasteiger partial charge in [-0.1, -0.05) is 12.1 Å². The van der Waals surface area contributed by atoms with Crippen molar-refractivity contribution in [3.05, 3.63) is 46.9 Å². The molecule has 0 saturated carbocycles. The fraction of sp³-hybridized carbons (Fsp3) is 0.500. The smallest absolute Gasteiger partial charge is 0.227 e. The van der Waals surface area contributed by atoms with Crippen LogP contribution in [0.4, 0.5) is 16.2 Å². The maximum Gasteiger partial charge on any atom is 0.227 e. The molecular weight excluding hydrogens is 383 g/mol. The fourth-order valence-electron chi connectivity index (χ4n) is 4.00. The van der Waals surface area contributed by atoms with Crippen molar-refractivity contribution in [2.75, 3.05) is 63.7 Å². The zero-order valence-electron chi connectivity index (χ0n) is 17.9. The van der Waals surface area contributed by atoms with Gasteiger partial charge in [-0.3, -0.25) is 4.79 Å². The van der Waals surface area contributed by atoms with Gasteiger partial charge in [0.25, 0.3) is 0 Å². The van der Waals surface area contributed by atoms with Gasteiger partial charge in [0, 0.05) is 58.8 Å². The Balaban J connectivity index is 1.53. The quantitative estimate of drug-likeness (QED) is 0.760. The van der Waals surface area contributed by atoms with Crippen LogP contribution in [0.1, 0.15) is 16.8 Å². The van der Waals surface area contributed by atoms with E-state index in [0.29, 0.717) is 19.5 Å². The van der Waals surface area contributed by atoms with E-state index in [1.165, 1.54) is 12.1 Å². The van der Waals surface area contributed by atoms with Crippen LogP contribution < -0.4 is 9.80 Å². The first kappa shape index (κ1) is 20.5. The van der Waals surface area contributed by atoms with Gasteiger partial charge in [-0.2, -0.15) is 4.98 Å². The highest BCUT2D eigenvalue weighted by Gasteiger charge is 2.28. The molecule has 8 heteroatoms. The van der Waals surface area contributed by atoms with Crippen molar-refractivity contribution in [2.24, 2.45) is 0 Å². The number of amides is 1. The maximum atomic E-state index is 13.1. The molecule has 160 valence electrons. The van der Waals surface area contributed by atoms with Crippen molar-refractivity contribution >= 4 is 17.7 Å². The van der Waals surface area contributed by atoms with Crippen LogP contribution >= 0.6 is 0 Å². The van der Waals surface area contributed by atoms with Gasteiger partial charge < -0.3 is 19.6 Å². The van der Waals surface area contributed by atoms with E-state index in [0.717, 1.165) is 54.8 Å². The molecule has 0 radical (unpaired) electrons. The monoisotopic (exact) mass is 412 g/mol. The molecule has 30 heavy (non-hydrogen) atoms. The predicted molar refractivity (Wildman–Crippen MR) is 115 cm³/mol. The summed E-state index contributed by atoms with van der Waals surface area (Å²) < 4.78 is 13.1. The van der Waals surface area contributed by atoms with Crippen molar-refractivity contribution in [1.82, 2.24) is 19.8 Å². The Morgan fingerprint density at radius 1 is 1.07 bits per heavy atom. The minimum absolute atomic E-state index is 0.0418. The van der Waals surface area contributed by atoms with Crippen LogP contribution in [-0.4, -0.2) is 79.5 Å². The average Bonchev–Trinajstić information content (AvgIpc) is 2.74. The van der Waals surface area contributed by atoms with Crippen LogP contribution in [0.25, 0.3) is 0 Å². The van der Waals surface area contributed by atoms with Crippen molar-refractivity contribution in [3.63, 3.8) is 0 Å². The van der Waals surface area contributed by atoms with E-state index in [4.69, 9.17) is 9.97 Å². The maximum absolute atomic E-state index is 13.1. The molecule has 0 spiro atoms. The molecular formula is C22H29FN6O. The number of hydrogen-bond donors (Lipinski definition) is 0. The third kappa shape index (κ3) is 4.38. The Bertz CT molecular complexity index is 909. The summed E-state index contributed by atoms with van der Waals surface area (Å²) in [5, 5.41) is 0. The van der Waals surface area contributed by atoms with Crippen LogP contribution in [0.2, 0.25) is 0 Å². The normalized spacial score (nSPS) is 17.1. The molecule has 1 amide bonds. The van der Waals surface area contributed by atoms with E-state index >= 15 is 0 Å². The van der Waals surface area contributed by atoms with Gasteiger partial charge in [0.15, 0.2) is 0 Å². The Kier molecular flexibility index (Phi) is 5.85. The van der Waals surface area contributed by atoms with Crippen molar-refractivity contribution in [2.45, 2.75) is 19.4 Å². The lowest BCUT2D eigenvalue weighted by molar-refractivity contribution is -0.131. The Morgan fingerprint density at radius 3 is 2.43 bits per heavy atom. The second-order valence-corrected chi connectivity index (χ2v) is 8.33. The van der Waals surface area contributed by atoms with Crippen molar-refractivity contribution in [1.29, 1.82) is 0 Å². The summed E-state index contributed by atoms with van der Waals surface area (Å²) in [6, 6.07) is 6.13. The number of hydrogen-bond acceptors (Lipinski definition) is 6. The fourth-order valence-corrected chi connectivity index (χ4v) is 4.00. The van der Waals surface area contributed by atoms with Gasteiger partial charge in [0.05, 0.1) is 18.7 Å². The molecule has 4 rings (SSSR count). The molecule has 0 N–H and O–H groups in total. The first-order valence-corrected chi connectivity index (χ1v) is 10.4. The Labute approximate surface area is 177 Å². The van der Waals surface area contributed by atoms with Crippen molar-refractivity contribution < 1.29 is 9.18 Å². The molecule has 3 heterocycles. The molecule has 2 aliphatic rings. The summed E-state index contributed by atoms with van der Waals surface area (Å²) >= 11 is 0. The number of likely N-dealkylation sites (N-methyl/N-ethyl adjacent to an activating group) is 1. The Morgan fingerprint density at radius 2 is 1.77 bits per heavy atom. The number of halogens is 1. The van der Waals surface area contributed by atoms with Crippen LogP contribution in [-0.2, 0) is 24.2 Å². The number of carbonyl (C=O) groups excluding carboxylic acids is 1. The molecule has 0 atom stereocenters. The van der Waals surface area contributed by atoms with Gasteiger partial charge >= 0.3 is 0 Å². The zero-order chi connectivity index (χ0) is 21.3. The highest BCUT2D eigenvalue weighted by Crippen LogP contribution is 2.28. The molecule has 7 nitrogen and oxygen atoms in total. The van der Waals surface area contributed by atoms with E-state index < -0.39 is 0 Å². The predicted octanol–water partition coefficient (Wildman–Crippen LogP) is 1.56. The molecule has 1 saturated heterocycles. The van der Waals surface area contributed by atoms with E-state index in [1.807, 2.05) is 23.9 Å². The van der Waals surface area contributed by atoms with E-state index in [9.17, 15) is 9.18 Å². The molecule has 0 unspecified atom stereocenters. The van der Waals surface area contributed by atoms with Crippen LogP contribution in [0.5, 0.6) is 0 Å². The number of piperazine rings is 1. The molecule has 0 aliphatic carbocycles. The molecule has 2 aromatic rings. The summed E-state index contributed by atoms with van der Waals surface area (Å²) in [4.78, 5) is 31.0. The van der Waals surface area contributed by atoms with E-state index in [1.54, 1.807) is 12.1 Å². The molecule has 1 aromatic carbocycles. The minimum atomic E-state index is -0.290. The van der Waals surface area contributed by atoms with Crippen LogP contribution in [0.15, 0.2) is 24.3 Å². The molecule has 1 aromatic heterocycles. The van der Waals surface area contributed by atoms with E-state index in [-0.39, 0.29) is 18.1 Å². The van der Waals surface area contributed by atoms with Crippen LogP contribution in [0.3, 0.4) is 0 Å². The SMILES string of the molecule is CN1CCN(c2nc3c(c(N(C)C)n2)CN(C(=O)Cc2ccc(F)cc2)CC3)CC1. The Hall–Kier alpha value is -2.74. The standard InChI is InChI=1S/C22H29FN6O/c1-26(2)21-18-15-29(20(30)14-16-4-6-17(23)7-5-16)9-8-19(18)24-22(25-21)28-12-10-27(3)11-13-28/h4-7H,8-15H2,1-3H3. The molecule has 0 bridgehead atoms. The molecule has 2 aliphatic heterocycles. The van der Waals surface area contributed by atoms with Gasteiger partial charge in [-0.25, -0.2) is 9.37 Å². The lowest BCUT2D eigenvalue weighted by Crippen LogP contribution is -2.45. The summed E-state index contributed by atoms with van der Waals surface area (Å²) in [7, 11) is 6.10. The highest BCUT2D eigenvalue weighted by molar-refractivity contribution is 5.79. The third-order valence-electron chi connectivity index (χ3n) is 5.86. The number of fused-ring (bicyclic) bond motifs is 1. The summed E-state index contributed by atoms with van der Waals surface area (Å²) in [5.41, 5.74) is 2.88. The second-order valence-electron chi connectivity index (χ2n) is 8.33. The lowest BCUT2D eigenvalue weighted by Gasteiger charge is -2.35. The number of nitrogens with zero attached hydrogens (tertiary/aromatic N) is 6. The average molecular weight is 413 g/mol. The topological polar surface area (TPSA) is 55.8 Å². The summed E-state index contributed by atoms with van der Waals surface area (Å²) in [6.07, 6.45) is 0.988. The number of aromatic nitrogens is 2. The summed E-state index contributed by atoms with van der Waals surface area (Å²) in [6.45, 7) is 4.99. The van der Waals surface area contributed by atoms with E-state index in [2.05, 4.69) is 16.8 Å². The van der Waals surface area contributed by atoms with Gasteiger partial charge in [-0.15, -0.1) is 0 Å². The van der Waals surface area contributed by atoms with Crippen LogP contribution in [0, 0.1) is 5.82 Å². The third-order valence-corrected chi connectivity index (χ3v) is 5.86. The first-order valence-electron chi connectivity index (χ1n) is 10.4. The number of benzene rings is 1. The van der Waals surface area contributed by atoms with Crippen molar-refractivity contribution in [3.8, 4) is 0 Å². The number of rotatable bonds is 4. The summed E-state index contributed by atoms with van der Waals surface area (Å²) in [5.74, 6) is 1.42. The van der Waals surface area contributed by atoms with Gasteiger partial charge in [0.2, 0.25) is 11.9 Å². The van der Waals surface area contributed by atoms with Gasteiger partial charge in [0.1, 0.15) is 11.6 Å². The number of carbonyl (C=O) groups is 1. The largest absolute Gasteiger partial charge is 0.362 e. The lowest BCUT2D eigenvalue weighted by atomic mass is 10.0. The number of anilines is 2. The zero-order valence-corrected chi connectivity index (χ0v) is 17.9. The van der Waals surface area contributed by atoms with Gasteiger partial charge in [-0.05, 0) is 24.7 Å². The first-order chi connectivity index (χ1) is 14.4. The minimum Gasteiger partial charge on any atom is -0.362 e. The molecule has 1 fully saturated rings.